The van der Waals surface area contributed by atoms with Crippen LogP contribution in [0.25, 0.3) is 0 Å². The normalized spacial score (nSPS) is 10.5. The molecule has 0 saturated heterocycles. The van der Waals surface area contributed by atoms with E-state index in [0.29, 0.717) is 25.9 Å². The van der Waals surface area contributed by atoms with Crippen molar-refractivity contribution in [3.05, 3.63) is 72.7 Å². The van der Waals surface area contributed by atoms with E-state index in [1.165, 1.54) is 6.26 Å². The first-order chi connectivity index (χ1) is 12.7. The summed E-state index contributed by atoms with van der Waals surface area (Å²) in [6.45, 7) is 1.11. The summed E-state index contributed by atoms with van der Waals surface area (Å²) in [4.78, 5) is 27.8. The molecule has 0 bridgehead atoms. The van der Waals surface area contributed by atoms with Gasteiger partial charge in [0, 0.05) is 37.6 Å². The Morgan fingerprint density at radius 3 is 2.88 bits per heavy atom. The Bertz CT molecular complexity index is 842. The zero-order valence-electron chi connectivity index (χ0n) is 14.2. The van der Waals surface area contributed by atoms with Crippen LogP contribution in [0.3, 0.4) is 0 Å². The van der Waals surface area contributed by atoms with Crippen molar-refractivity contribution >= 4 is 17.5 Å². The lowest BCUT2D eigenvalue weighted by molar-refractivity contribution is -0.116. The Labute approximate surface area is 151 Å². The summed E-state index contributed by atoms with van der Waals surface area (Å²) in [5.41, 5.74) is 1.83. The first-order valence-electron chi connectivity index (χ1n) is 8.37. The molecule has 2 N–H and O–H groups in total. The molecule has 2 aromatic heterocycles. The molecule has 7 nitrogen and oxygen atoms in total. The highest BCUT2D eigenvalue weighted by Crippen LogP contribution is 2.12. The van der Waals surface area contributed by atoms with Crippen molar-refractivity contribution in [3.63, 3.8) is 0 Å². The molecule has 0 aliphatic heterocycles. The Kier molecular flexibility index (Phi) is 5.82. The predicted molar refractivity (Wildman–Crippen MR) is 96.7 cm³/mol. The maximum absolute atomic E-state index is 12.1. The summed E-state index contributed by atoms with van der Waals surface area (Å²) in [5.74, 6) is -0.0937. The molecule has 2 heterocycles. The number of carbonyl (C=O) groups is 2. The SMILES string of the molecule is O=C(CCCNC(=O)c1ccco1)Nc1cccc(Cn2ccnc2)c1. The molecule has 0 saturated carbocycles. The van der Waals surface area contributed by atoms with Gasteiger partial charge >= 0.3 is 0 Å². The fourth-order valence-electron chi connectivity index (χ4n) is 2.51. The number of hydrogen-bond acceptors (Lipinski definition) is 4. The van der Waals surface area contributed by atoms with E-state index in [9.17, 15) is 9.59 Å². The first kappa shape index (κ1) is 17.5. The Hall–Kier alpha value is -3.35. The number of aromatic nitrogens is 2. The maximum atomic E-state index is 12.1. The Morgan fingerprint density at radius 2 is 2.12 bits per heavy atom. The molecule has 1 aromatic carbocycles. The monoisotopic (exact) mass is 352 g/mol. The second-order valence-electron chi connectivity index (χ2n) is 5.82. The van der Waals surface area contributed by atoms with E-state index in [4.69, 9.17) is 4.42 Å². The minimum Gasteiger partial charge on any atom is -0.459 e. The average Bonchev–Trinajstić information content (AvgIpc) is 3.32. The van der Waals surface area contributed by atoms with Gasteiger partial charge in [0.05, 0.1) is 12.6 Å². The van der Waals surface area contributed by atoms with Crippen LogP contribution in [0.4, 0.5) is 5.69 Å². The number of imidazole rings is 1. The minimum absolute atomic E-state index is 0.0861. The molecule has 0 spiro atoms. The van der Waals surface area contributed by atoms with Crippen molar-refractivity contribution in [1.82, 2.24) is 14.9 Å². The molecule has 0 aliphatic rings. The van der Waals surface area contributed by atoms with Gasteiger partial charge in [-0.05, 0) is 36.2 Å². The molecule has 0 radical (unpaired) electrons. The molecule has 26 heavy (non-hydrogen) atoms. The predicted octanol–water partition coefficient (Wildman–Crippen LogP) is 2.67. The lowest BCUT2D eigenvalue weighted by atomic mass is 10.2. The van der Waals surface area contributed by atoms with Gasteiger partial charge in [-0.3, -0.25) is 9.59 Å². The van der Waals surface area contributed by atoms with Crippen LogP contribution in [0.2, 0.25) is 0 Å². The number of hydrogen-bond donors (Lipinski definition) is 2. The van der Waals surface area contributed by atoms with Crippen LogP contribution in [-0.4, -0.2) is 27.9 Å². The number of nitrogens with one attached hydrogen (secondary N) is 2. The largest absolute Gasteiger partial charge is 0.459 e. The Balaban J connectivity index is 1.41. The second-order valence-corrected chi connectivity index (χ2v) is 5.82. The Morgan fingerprint density at radius 1 is 1.19 bits per heavy atom. The topological polar surface area (TPSA) is 89.2 Å². The van der Waals surface area contributed by atoms with Crippen LogP contribution in [0.5, 0.6) is 0 Å². The first-order valence-corrected chi connectivity index (χ1v) is 8.37. The molecular formula is C19H20N4O3. The van der Waals surface area contributed by atoms with Gasteiger partial charge in [0.1, 0.15) is 0 Å². The van der Waals surface area contributed by atoms with Crippen molar-refractivity contribution in [3.8, 4) is 0 Å². The molecule has 2 amide bonds. The van der Waals surface area contributed by atoms with Gasteiger partial charge in [-0.2, -0.15) is 0 Å². The van der Waals surface area contributed by atoms with Crippen LogP contribution in [0.15, 0.2) is 65.8 Å². The average molecular weight is 352 g/mol. The van der Waals surface area contributed by atoms with Crippen LogP contribution in [0.1, 0.15) is 29.0 Å². The van der Waals surface area contributed by atoms with E-state index in [2.05, 4.69) is 15.6 Å². The molecule has 3 aromatic rings. The van der Waals surface area contributed by atoms with Crippen molar-refractivity contribution in [1.29, 1.82) is 0 Å². The number of rotatable bonds is 8. The summed E-state index contributed by atoms with van der Waals surface area (Å²) < 4.78 is 6.97. The van der Waals surface area contributed by atoms with E-state index >= 15 is 0 Å². The van der Waals surface area contributed by atoms with Gasteiger partial charge in [-0.15, -0.1) is 0 Å². The van der Waals surface area contributed by atoms with E-state index in [1.807, 2.05) is 35.0 Å². The summed E-state index contributed by atoms with van der Waals surface area (Å²) >= 11 is 0. The van der Waals surface area contributed by atoms with Crippen molar-refractivity contribution < 1.29 is 14.0 Å². The fraction of sp³-hybridized carbons (Fsp3) is 0.211. The number of amides is 2. The molecule has 0 unspecified atom stereocenters. The summed E-state index contributed by atoms with van der Waals surface area (Å²) in [7, 11) is 0. The van der Waals surface area contributed by atoms with Gasteiger partial charge in [0.25, 0.3) is 5.91 Å². The van der Waals surface area contributed by atoms with E-state index < -0.39 is 0 Å². The van der Waals surface area contributed by atoms with Crippen LogP contribution in [-0.2, 0) is 11.3 Å². The zero-order valence-corrected chi connectivity index (χ0v) is 14.2. The minimum atomic E-state index is -0.275. The molecule has 0 aliphatic carbocycles. The highest BCUT2D eigenvalue weighted by molar-refractivity contribution is 5.92. The third-order valence-electron chi connectivity index (χ3n) is 3.75. The van der Waals surface area contributed by atoms with Gasteiger partial charge in [0.15, 0.2) is 5.76 Å². The molecule has 3 rings (SSSR count). The lowest BCUT2D eigenvalue weighted by Crippen LogP contribution is -2.25. The smallest absolute Gasteiger partial charge is 0.286 e. The quantitative estimate of drug-likeness (QED) is 0.610. The van der Waals surface area contributed by atoms with E-state index in [0.717, 1.165) is 11.3 Å². The zero-order chi connectivity index (χ0) is 18.2. The third-order valence-corrected chi connectivity index (χ3v) is 3.75. The summed E-state index contributed by atoms with van der Waals surface area (Å²) in [6, 6.07) is 11.0. The molecule has 7 heteroatoms. The second kappa shape index (κ2) is 8.66. The van der Waals surface area contributed by atoms with E-state index in [1.54, 1.807) is 24.7 Å². The standard InChI is InChI=1S/C19H20N4O3/c24-18(7-2-8-21-19(25)17-6-3-11-26-17)22-16-5-1-4-15(12-16)13-23-10-9-20-14-23/h1,3-6,9-12,14H,2,7-8,13H2,(H,21,25)(H,22,24). The third kappa shape index (κ3) is 5.07. The molecule has 134 valence electrons. The fourth-order valence-corrected chi connectivity index (χ4v) is 2.51. The van der Waals surface area contributed by atoms with Gasteiger partial charge < -0.3 is 19.6 Å². The summed E-state index contributed by atoms with van der Waals surface area (Å²) in [6.07, 6.45) is 7.70. The molecule has 0 fully saturated rings. The number of anilines is 1. The maximum Gasteiger partial charge on any atom is 0.286 e. The van der Waals surface area contributed by atoms with Crippen molar-refractivity contribution in [2.24, 2.45) is 0 Å². The van der Waals surface area contributed by atoms with Crippen LogP contribution < -0.4 is 10.6 Å². The highest BCUT2D eigenvalue weighted by atomic mass is 16.3. The van der Waals surface area contributed by atoms with Gasteiger partial charge in [-0.1, -0.05) is 12.1 Å². The van der Waals surface area contributed by atoms with Crippen molar-refractivity contribution in [2.75, 3.05) is 11.9 Å². The number of furan rings is 1. The van der Waals surface area contributed by atoms with E-state index in [-0.39, 0.29) is 17.6 Å². The number of carbonyl (C=O) groups excluding carboxylic acids is 2. The van der Waals surface area contributed by atoms with Crippen LogP contribution >= 0.6 is 0 Å². The van der Waals surface area contributed by atoms with Crippen LogP contribution in [0, 0.1) is 0 Å². The number of benzene rings is 1. The molecular weight excluding hydrogens is 332 g/mol. The lowest BCUT2D eigenvalue weighted by Gasteiger charge is -2.08. The van der Waals surface area contributed by atoms with Gasteiger partial charge in [0.2, 0.25) is 5.91 Å². The van der Waals surface area contributed by atoms with Crippen molar-refractivity contribution in [2.45, 2.75) is 19.4 Å². The summed E-state index contributed by atoms with van der Waals surface area (Å²) in [5, 5.41) is 5.60. The number of nitrogens with zero attached hydrogens (tertiary/aromatic N) is 2. The highest BCUT2D eigenvalue weighted by Gasteiger charge is 2.08. The van der Waals surface area contributed by atoms with Gasteiger partial charge in [-0.25, -0.2) is 4.98 Å². The molecule has 0 atom stereocenters.